The van der Waals surface area contributed by atoms with Crippen molar-refractivity contribution in [1.29, 1.82) is 10.8 Å². The van der Waals surface area contributed by atoms with E-state index >= 15 is 0 Å². The minimum Gasteiger partial charge on any atom is -0.464 e. The zero-order valence-corrected chi connectivity index (χ0v) is 17.8. The molecule has 3 rings (SSSR count). The molecule has 0 bridgehead atoms. The van der Waals surface area contributed by atoms with Crippen molar-refractivity contribution in [2.24, 2.45) is 17.4 Å². The number of benzene rings is 2. The van der Waals surface area contributed by atoms with Crippen LogP contribution in [0, 0.1) is 16.7 Å². The van der Waals surface area contributed by atoms with Crippen molar-refractivity contribution in [3.05, 3.63) is 65.7 Å². The Morgan fingerprint density at radius 3 is 2.28 bits per heavy atom. The van der Waals surface area contributed by atoms with Gasteiger partial charge in [0.2, 0.25) is 0 Å². The molecule has 0 radical (unpaired) electrons. The standard InChI is InChI=1S/C23H28N6O3/c24-21(25)17-5-4-6-18(13-17)22(31)29(19-7-2-1-3-8-19)14-20(30)32-15-16-9-11-28(12-10-16)23(26)27/h1-8,13,16H,9-12,14-15H2,(H3,24,25)(H3,26,27). The molecule has 1 saturated heterocycles. The molecule has 1 fully saturated rings. The molecular formula is C23H28N6O3. The number of para-hydroxylation sites is 1. The Bertz CT molecular complexity index is 986. The summed E-state index contributed by atoms with van der Waals surface area (Å²) in [6.07, 6.45) is 1.57. The molecule has 6 N–H and O–H groups in total. The van der Waals surface area contributed by atoms with Crippen LogP contribution >= 0.6 is 0 Å². The number of likely N-dealkylation sites (tertiary alicyclic amines) is 1. The Hall–Kier alpha value is -3.88. The molecule has 1 heterocycles. The maximum Gasteiger partial charge on any atom is 0.326 e. The van der Waals surface area contributed by atoms with Gasteiger partial charge in [-0.1, -0.05) is 30.3 Å². The third-order valence-corrected chi connectivity index (χ3v) is 5.46. The third kappa shape index (κ3) is 5.84. The van der Waals surface area contributed by atoms with E-state index in [-0.39, 0.29) is 36.8 Å². The molecule has 2 aromatic rings. The van der Waals surface area contributed by atoms with Crippen LogP contribution in [0.1, 0.15) is 28.8 Å². The third-order valence-electron chi connectivity index (χ3n) is 5.46. The molecular weight excluding hydrogens is 408 g/mol. The van der Waals surface area contributed by atoms with Gasteiger partial charge in [0, 0.05) is 29.9 Å². The van der Waals surface area contributed by atoms with E-state index in [2.05, 4.69) is 0 Å². The van der Waals surface area contributed by atoms with E-state index in [4.69, 9.17) is 27.0 Å². The summed E-state index contributed by atoms with van der Waals surface area (Å²) in [4.78, 5) is 29.0. The van der Waals surface area contributed by atoms with E-state index in [1.807, 2.05) is 6.07 Å². The first-order valence-electron chi connectivity index (χ1n) is 10.4. The minimum absolute atomic E-state index is 0.0614. The summed E-state index contributed by atoms with van der Waals surface area (Å²) in [5.41, 5.74) is 12.4. The number of carbonyl (C=O) groups excluding carboxylic acids is 2. The summed E-state index contributed by atoms with van der Waals surface area (Å²) in [6.45, 7) is 1.36. The van der Waals surface area contributed by atoms with Crippen LogP contribution in [0.3, 0.4) is 0 Å². The van der Waals surface area contributed by atoms with E-state index in [1.165, 1.54) is 11.0 Å². The molecule has 0 aromatic heterocycles. The normalized spacial score (nSPS) is 13.9. The highest BCUT2D eigenvalue weighted by Gasteiger charge is 2.24. The number of carbonyl (C=O) groups is 2. The van der Waals surface area contributed by atoms with Gasteiger partial charge in [-0.25, -0.2) is 0 Å². The lowest BCUT2D eigenvalue weighted by atomic mass is 9.98. The van der Waals surface area contributed by atoms with E-state index in [0.29, 0.717) is 29.9 Å². The highest BCUT2D eigenvalue weighted by molar-refractivity contribution is 6.09. The van der Waals surface area contributed by atoms with Gasteiger partial charge >= 0.3 is 5.97 Å². The second-order valence-corrected chi connectivity index (χ2v) is 7.72. The Labute approximate surface area is 187 Å². The first-order chi connectivity index (χ1) is 15.3. The fraction of sp³-hybridized carbons (Fsp3) is 0.304. The molecule has 9 nitrogen and oxygen atoms in total. The number of amides is 1. The predicted molar refractivity (Wildman–Crippen MR) is 123 cm³/mol. The van der Waals surface area contributed by atoms with Crippen LogP contribution in [-0.2, 0) is 9.53 Å². The van der Waals surface area contributed by atoms with E-state index in [0.717, 1.165) is 12.8 Å². The Balaban J connectivity index is 1.67. The number of anilines is 1. The molecule has 1 amide bonds. The summed E-state index contributed by atoms with van der Waals surface area (Å²) >= 11 is 0. The molecule has 0 unspecified atom stereocenters. The molecule has 0 spiro atoms. The zero-order valence-electron chi connectivity index (χ0n) is 17.8. The highest BCUT2D eigenvalue weighted by atomic mass is 16.5. The maximum absolute atomic E-state index is 13.2. The van der Waals surface area contributed by atoms with E-state index < -0.39 is 5.97 Å². The summed E-state index contributed by atoms with van der Waals surface area (Å²) < 4.78 is 5.49. The number of piperidine rings is 1. The second-order valence-electron chi connectivity index (χ2n) is 7.72. The summed E-state index contributed by atoms with van der Waals surface area (Å²) in [7, 11) is 0. The molecule has 2 aromatic carbocycles. The van der Waals surface area contributed by atoms with Crippen molar-refractivity contribution in [2.75, 3.05) is 31.1 Å². The highest BCUT2D eigenvalue weighted by Crippen LogP contribution is 2.20. The van der Waals surface area contributed by atoms with E-state index in [1.54, 1.807) is 47.4 Å². The lowest BCUT2D eigenvalue weighted by Crippen LogP contribution is -2.43. The van der Waals surface area contributed by atoms with Gasteiger partial charge in [-0.2, -0.15) is 0 Å². The fourth-order valence-corrected chi connectivity index (χ4v) is 3.59. The summed E-state index contributed by atoms with van der Waals surface area (Å²) in [5.74, 6) is -0.764. The van der Waals surface area contributed by atoms with Crippen LogP contribution in [0.25, 0.3) is 0 Å². The quantitative estimate of drug-likeness (QED) is 0.295. The lowest BCUT2D eigenvalue weighted by Gasteiger charge is -2.32. The number of guanidine groups is 1. The van der Waals surface area contributed by atoms with Crippen LogP contribution in [-0.4, -0.2) is 54.8 Å². The number of nitrogens with two attached hydrogens (primary N) is 2. The number of ether oxygens (including phenoxy) is 1. The number of nitrogen functional groups attached to an aromatic ring is 1. The van der Waals surface area contributed by atoms with Gasteiger partial charge in [-0.15, -0.1) is 0 Å². The van der Waals surface area contributed by atoms with Crippen LogP contribution in [0.4, 0.5) is 5.69 Å². The Kier molecular flexibility index (Phi) is 7.43. The van der Waals surface area contributed by atoms with Crippen molar-refractivity contribution >= 4 is 29.4 Å². The van der Waals surface area contributed by atoms with Crippen LogP contribution in [0.5, 0.6) is 0 Å². The smallest absolute Gasteiger partial charge is 0.326 e. The number of nitrogens with one attached hydrogen (secondary N) is 2. The SMILES string of the molecule is N=C(N)c1cccc(C(=O)N(CC(=O)OCC2CCN(C(=N)N)CC2)c2ccccc2)c1. The summed E-state index contributed by atoms with van der Waals surface area (Å²) in [5, 5.41) is 15.1. The van der Waals surface area contributed by atoms with Crippen molar-refractivity contribution in [2.45, 2.75) is 12.8 Å². The Morgan fingerprint density at radius 1 is 1.00 bits per heavy atom. The molecule has 168 valence electrons. The van der Waals surface area contributed by atoms with Crippen molar-refractivity contribution in [1.82, 2.24) is 4.90 Å². The molecule has 9 heteroatoms. The number of hydrogen-bond acceptors (Lipinski definition) is 5. The topological polar surface area (TPSA) is 150 Å². The number of nitrogens with zero attached hydrogens (tertiary/aromatic N) is 2. The molecule has 1 aliphatic rings. The predicted octanol–water partition coefficient (Wildman–Crippen LogP) is 1.77. The average Bonchev–Trinajstić information content (AvgIpc) is 2.81. The molecule has 0 aliphatic carbocycles. The van der Waals surface area contributed by atoms with Gasteiger partial charge in [0.15, 0.2) is 5.96 Å². The number of amidine groups is 1. The number of esters is 1. The first kappa shape index (κ1) is 22.8. The van der Waals surface area contributed by atoms with Gasteiger partial charge in [-0.3, -0.25) is 25.3 Å². The molecule has 0 atom stereocenters. The van der Waals surface area contributed by atoms with Gasteiger partial charge in [0.25, 0.3) is 5.91 Å². The van der Waals surface area contributed by atoms with Crippen molar-refractivity contribution in [3.8, 4) is 0 Å². The van der Waals surface area contributed by atoms with Crippen molar-refractivity contribution in [3.63, 3.8) is 0 Å². The molecule has 0 saturated carbocycles. The van der Waals surface area contributed by atoms with Crippen LogP contribution < -0.4 is 16.4 Å². The lowest BCUT2D eigenvalue weighted by molar-refractivity contribution is -0.143. The van der Waals surface area contributed by atoms with Crippen LogP contribution in [0.15, 0.2) is 54.6 Å². The maximum atomic E-state index is 13.2. The van der Waals surface area contributed by atoms with Crippen molar-refractivity contribution < 1.29 is 14.3 Å². The Morgan fingerprint density at radius 2 is 1.66 bits per heavy atom. The number of rotatable bonds is 7. The second kappa shape index (κ2) is 10.4. The molecule has 32 heavy (non-hydrogen) atoms. The van der Waals surface area contributed by atoms with Gasteiger partial charge in [0.1, 0.15) is 12.4 Å². The molecule has 1 aliphatic heterocycles. The van der Waals surface area contributed by atoms with Crippen LogP contribution in [0.2, 0.25) is 0 Å². The minimum atomic E-state index is -0.501. The van der Waals surface area contributed by atoms with E-state index in [9.17, 15) is 9.59 Å². The first-order valence-corrected chi connectivity index (χ1v) is 10.4. The van der Waals surface area contributed by atoms with Gasteiger partial charge < -0.3 is 21.1 Å². The monoisotopic (exact) mass is 436 g/mol. The van der Waals surface area contributed by atoms with Gasteiger partial charge in [0.05, 0.1) is 6.61 Å². The zero-order chi connectivity index (χ0) is 23.1. The average molecular weight is 437 g/mol. The fourth-order valence-electron chi connectivity index (χ4n) is 3.59. The largest absolute Gasteiger partial charge is 0.464 e. The van der Waals surface area contributed by atoms with Gasteiger partial charge in [-0.05, 0) is 43.0 Å². The number of hydrogen-bond donors (Lipinski definition) is 4. The summed E-state index contributed by atoms with van der Waals surface area (Å²) in [6, 6.07) is 15.4.